The number of nitrogens with one attached hydrogen (secondary N) is 3. The summed E-state index contributed by atoms with van der Waals surface area (Å²) < 4.78 is 10.6. The Labute approximate surface area is 119 Å². The minimum Gasteiger partial charge on any atom is -0.376 e. The molecule has 3 N–H and O–H groups in total. The van der Waals surface area contributed by atoms with Gasteiger partial charge in [0.1, 0.15) is 13.1 Å². The number of ether oxygens (including phenoxy) is 2. The molecule has 2 aliphatic rings. The zero-order valence-electron chi connectivity index (χ0n) is 11.8. The van der Waals surface area contributed by atoms with E-state index < -0.39 is 11.8 Å². The van der Waals surface area contributed by atoms with E-state index in [4.69, 9.17) is 9.47 Å². The standard InChI is InChI=1S/C13H23N3O4/c17-12(13(18)15-10-11-2-1-7-20-11)14-3-4-16-5-8-19-9-6-16/h11H,1-10H2,(H,14,17)(H,15,18)/p+1/t11-/m0/s1. The lowest BCUT2D eigenvalue weighted by atomic mass is 10.2. The number of quaternary nitrogens is 1. The molecule has 2 aliphatic heterocycles. The Morgan fingerprint density at radius 1 is 1.10 bits per heavy atom. The van der Waals surface area contributed by atoms with Crippen molar-refractivity contribution in [2.24, 2.45) is 0 Å². The van der Waals surface area contributed by atoms with E-state index in [0.717, 1.165) is 52.3 Å². The van der Waals surface area contributed by atoms with Crippen molar-refractivity contribution in [3.05, 3.63) is 0 Å². The first-order chi connectivity index (χ1) is 9.75. The first kappa shape index (κ1) is 15.2. The van der Waals surface area contributed by atoms with Gasteiger partial charge in [0, 0.05) is 13.2 Å². The minimum atomic E-state index is -0.572. The van der Waals surface area contributed by atoms with Crippen LogP contribution >= 0.6 is 0 Å². The van der Waals surface area contributed by atoms with Gasteiger partial charge in [-0.3, -0.25) is 9.59 Å². The number of carbonyl (C=O) groups is 2. The number of hydrogen-bond acceptors (Lipinski definition) is 4. The van der Waals surface area contributed by atoms with Gasteiger partial charge >= 0.3 is 11.8 Å². The number of morpholine rings is 1. The fourth-order valence-electron chi connectivity index (χ4n) is 2.44. The molecule has 0 aromatic heterocycles. The van der Waals surface area contributed by atoms with Crippen molar-refractivity contribution in [2.75, 3.05) is 52.5 Å². The van der Waals surface area contributed by atoms with Crippen molar-refractivity contribution in [3.8, 4) is 0 Å². The Morgan fingerprint density at radius 2 is 1.85 bits per heavy atom. The molecule has 0 aromatic carbocycles. The second kappa shape index (κ2) is 8.18. The molecule has 0 radical (unpaired) electrons. The summed E-state index contributed by atoms with van der Waals surface area (Å²) in [5, 5.41) is 5.26. The van der Waals surface area contributed by atoms with Crippen molar-refractivity contribution in [2.45, 2.75) is 18.9 Å². The molecule has 7 heteroatoms. The Kier molecular flexibility index (Phi) is 6.23. The fourth-order valence-corrected chi connectivity index (χ4v) is 2.44. The van der Waals surface area contributed by atoms with Gasteiger partial charge in [0.15, 0.2) is 0 Å². The Hall–Kier alpha value is -1.18. The highest BCUT2D eigenvalue weighted by atomic mass is 16.5. The molecule has 0 saturated carbocycles. The highest BCUT2D eigenvalue weighted by Crippen LogP contribution is 2.10. The van der Waals surface area contributed by atoms with Crippen LogP contribution in [0.25, 0.3) is 0 Å². The second-order valence-electron chi connectivity index (χ2n) is 5.21. The van der Waals surface area contributed by atoms with E-state index in [1.807, 2.05) is 0 Å². The second-order valence-corrected chi connectivity index (χ2v) is 5.21. The SMILES string of the molecule is O=C(NCC[NH+]1CCOCC1)C(=O)NC[C@@H]1CCCO1. The third kappa shape index (κ3) is 5.07. The highest BCUT2D eigenvalue weighted by Gasteiger charge is 2.19. The van der Waals surface area contributed by atoms with Crippen LogP contribution in [0.3, 0.4) is 0 Å². The minimum absolute atomic E-state index is 0.0598. The summed E-state index contributed by atoms with van der Waals surface area (Å²) in [5.41, 5.74) is 0. The molecule has 0 unspecified atom stereocenters. The van der Waals surface area contributed by atoms with E-state index in [1.165, 1.54) is 4.90 Å². The molecule has 0 spiro atoms. The summed E-state index contributed by atoms with van der Waals surface area (Å²) in [6.45, 7) is 5.96. The Bertz CT molecular complexity index is 326. The Balaban J connectivity index is 1.54. The maximum absolute atomic E-state index is 11.6. The summed E-state index contributed by atoms with van der Waals surface area (Å²) in [6.07, 6.45) is 2.03. The van der Waals surface area contributed by atoms with Crippen molar-refractivity contribution in [1.82, 2.24) is 10.6 Å². The first-order valence-electron chi connectivity index (χ1n) is 7.34. The predicted molar refractivity (Wildman–Crippen MR) is 71.4 cm³/mol. The lowest BCUT2D eigenvalue weighted by Gasteiger charge is -2.23. The van der Waals surface area contributed by atoms with Crippen LogP contribution in [-0.4, -0.2) is 70.5 Å². The normalized spacial score (nSPS) is 23.5. The molecule has 2 rings (SSSR count). The van der Waals surface area contributed by atoms with E-state index in [1.54, 1.807) is 0 Å². The van der Waals surface area contributed by atoms with E-state index in [0.29, 0.717) is 13.1 Å². The van der Waals surface area contributed by atoms with Gasteiger partial charge in [0.05, 0.1) is 32.4 Å². The lowest BCUT2D eigenvalue weighted by Crippen LogP contribution is -3.14. The van der Waals surface area contributed by atoms with Gasteiger partial charge in [0.25, 0.3) is 0 Å². The third-order valence-electron chi connectivity index (χ3n) is 3.68. The van der Waals surface area contributed by atoms with Crippen LogP contribution in [0.4, 0.5) is 0 Å². The predicted octanol–water partition coefficient (Wildman–Crippen LogP) is -2.69. The zero-order valence-corrected chi connectivity index (χ0v) is 11.8. The summed E-state index contributed by atoms with van der Waals surface area (Å²) in [7, 11) is 0. The molecular weight excluding hydrogens is 262 g/mol. The molecule has 2 heterocycles. The maximum atomic E-state index is 11.6. The quantitative estimate of drug-likeness (QED) is 0.481. The molecule has 114 valence electrons. The largest absolute Gasteiger partial charge is 0.376 e. The van der Waals surface area contributed by atoms with Crippen molar-refractivity contribution >= 4 is 11.8 Å². The van der Waals surface area contributed by atoms with Crippen molar-refractivity contribution in [1.29, 1.82) is 0 Å². The molecule has 0 aliphatic carbocycles. The van der Waals surface area contributed by atoms with Crippen LogP contribution in [0.1, 0.15) is 12.8 Å². The maximum Gasteiger partial charge on any atom is 0.309 e. The van der Waals surface area contributed by atoms with Crippen LogP contribution in [-0.2, 0) is 19.1 Å². The average Bonchev–Trinajstić information content (AvgIpc) is 2.99. The third-order valence-corrected chi connectivity index (χ3v) is 3.68. The van der Waals surface area contributed by atoms with Crippen molar-refractivity contribution in [3.63, 3.8) is 0 Å². The fraction of sp³-hybridized carbons (Fsp3) is 0.846. The van der Waals surface area contributed by atoms with Crippen LogP contribution in [0.5, 0.6) is 0 Å². The Morgan fingerprint density at radius 3 is 2.55 bits per heavy atom. The molecule has 2 amide bonds. The zero-order chi connectivity index (χ0) is 14.2. The molecule has 0 bridgehead atoms. The first-order valence-corrected chi connectivity index (χ1v) is 7.34. The lowest BCUT2D eigenvalue weighted by molar-refractivity contribution is -0.906. The molecular formula is C13H24N3O4+. The van der Waals surface area contributed by atoms with Crippen LogP contribution < -0.4 is 15.5 Å². The van der Waals surface area contributed by atoms with E-state index in [2.05, 4.69) is 10.6 Å². The summed E-state index contributed by atoms with van der Waals surface area (Å²) in [5.74, 6) is -1.13. The molecule has 2 fully saturated rings. The van der Waals surface area contributed by atoms with Gasteiger partial charge in [0.2, 0.25) is 0 Å². The van der Waals surface area contributed by atoms with E-state index in [-0.39, 0.29) is 6.10 Å². The van der Waals surface area contributed by atoms with Gasteiger partial charge < -0.3 is 25.0 Å². The van der Waals surface area contributed by atoms with Crippen LogP contribution in [0, 0.1) is 0 Å². The van der Waals surface area contributed by atoms with Gasteiger partial charge in [-0.15, -0.1) is 0 Å². The average molecular weight is 286 g/mol. The number of hydrogen-bond donors (Lipinski definition) is 3. The van der Waals surface area contributed by atoms with E-state index >= 15 is 0 Å². The number of carbonyl (C=O) groups excluding carboxylic acids is 2. The van der Waals surface area contributed by atoms with E-state index in [9.17, 15) is 9.59 Å². The topological polar surface area (TPSA) is 81.1 Å². The molecule has 7 nitrogen and oxygen atoms in total. The summed E-state index contributed by atoms with van der Waals surface area (Å²) >= 11 is 0. The number of rotatable bonds is 5. The van der Waals surface area contributed by atoms with Crippen molar-refractivity contribution < 1.29 is 24.0 Å². The summed E-state index contributed by atoms with van der Waals surface area (Å²) in [6, 6.07) is 0. The van der Waals surface area contributed by atoms with Gasteiger partial charge in [-0.05, 0) is 12.8 Å². The molecule has 2 saturated heterocycles. The molecule has 1 atom stereocenters. The molecule has 20 heavy (non-hydrogen) atoms. The number of amides is 2. The van der Waals surface area contributed by atoms with Crippen LogP contribution in [0.15, 0.2) is 0 Å². The molecule has 0 aromatic rings. The van der Waals surface area contributed by atoms with Gasteiger partial charge in [-0.2, -0.15) is 0 Å². The van der Waals surface area contributed by atoms with Crippen LogP contribution in [0.2, 0.25) is 0 Å². The highest BCUT2D eigenvalue weighted by molar-refractivity contribution is 6.35. The monoisotopic (exact) mass is 286 g/mol. The smallest absolute Gasteiger partial charge is 0.309 e. The van der Waals surface area contributed by atoms with Gasteiger partial charge in [-0.25, -0.2) is 0 Å². The van der Waals surface area contributed by atoms with Gasteiger partial charge in [-0.1, -0.05) is 0 Å². The summed E-state index contributed by atoms with van der Waals surface area (Å²) in [4.78, 5) is 24.6.